The van der Waals surface area contributed by atoms with Gasteiger partial charge in [-0.2, -0.15) is 5.10 Å². The Balaban J connectivity index is 2.12. The van der Waals surface area contributed by atoms with E-state index < -0.39 is 0 Å². The predicted octanol–water partition coefficient (Wildman–Crippen LogP) is 1.10. The van der Waals surface area contributed by atoms with Gasteiger partial charge >= 0.3 is 0 Å². The zero-order valence-corrected chi connectivity index (χ0v) is 11.6. The van der Waals surface area contributed by atoms with Gasteiger partial charge in [0.15, 0.2) is 0 Å². The summed E-state index contributed by atoms with van der Waals surface area (Å²) in [6.07, 6.45) is 1.01. The first kappa shape index (κ1) is 13.1. The van der Waals surface area contributed by atoms with Gasteiger partial charge in [0.2, 0.25) is 0 Å². The van der Waals surface area contributed by atoms with Crippen LogP contribution in [0.3, 0.4) is 0 Å². The Morgan fingerprint density at radius 1 is 1.50 bits per heavy atom. The summed E-state index contributed by atoms with van der Waals surface area (Å²) in [6.45, 7) is 7.60. The molecule has 18 heavy (non-hydrogen) atoms. The predicted molar refractivity (Wildman–Crippen MR) is 70.6 cm³/mol. The second-order valence-corrected chi connectivity index (χ2v) is 5.22. The number of nitrogens with one attached hydrogen (secondary N) is 2. The van der Waals surface area contributed by atoms with Gasteiger partial charge in [-0.25, -0.2) is 0 Å². The van der Waals surface area contributed by atoms with Crippen LogP contribution in [0.15, 0.2) is 0 Å². The molecule has 1 aromatic rings. The van der Waals surface area contributed by atoms with Crippen molar-refractivity contribution in [2.24, 2.45) is 5.92 Å². The number of hydrogen-bond donors (Lipinski definition) is 2. The lowest BCUT2D eigenvalue weighted by Gasteiger charge is -2.36. The number of aromatic nitrogens is 2. The highest BCUT2D eigenvalue weighted by molar-refractivity contribution is 5.96. The van der Waals surface area contributed by atoms with Gasteiger partial charge in [-0.05, 0) is 33.2 Å². The first-order valence-electron chi connectivity index (χ1n) is 6.52. The molecule has 1 saturated heterocycles. The molecule has 1 aromatic heterocycles. The average molecular weight is 250 g/mol. The molecular weight excluding hydrogens is 228 g/mol. The summed E-state index contributed by atoms with van der Waals surface area (Å²) in [4.78, 5) is 14.4. The average Bonchev–Trinajstić information content (AvgIpc) is 2.68. The smallest absolute Gasteiger partial charge is 0.257 e. The van der Waals surface area contributed by atoms with Crippen LogP contribution in [-0.2, 0) is 0 Å². The quantitative estimate of drug-likeness (QED) is 0.826. The monoisotopic (exact) mass is 250 g/mol. The zero-order valence-electron chi connectivity index (χ0n) is 11.6. The van der Waals surface area contributed by atoms with E-state index in [1.165, 1.54) is 0 Å². The largest absolute Gasteiger partial charge is 0.338 e. The van der Waals surface area contributed by atoms with Crippen molar-refractivity contribution in [3.8, 4) is 0 Å². The van der Waals surface area contributed by atoms with Gasteiger partial charge in [0, 0.05) is 24.8 Å². The van der Waals surface area contributed by atoms with E-state index in [2.05, 4.69) is 22.4 Å². The van der Waals surface area contributed by atoms with E-state index in [0.717, 1.165) is 36.5 Å². The van der Waals surface area contributed by atoms with Gasteiger partial charge in [-0.1, -0.05) is 6.92 Å². The number of likely N-dealkylation sites (tertiary alicyclic amines) is 1. The van der Waals surface area contributed by atoms with E-state index in [9.17, 15) is 4.79 Å². The van der Waals surface area contributed by atoms with Crippen LogP contribution in [0.1, 0.15) is 35.1 Å². The van der Waals surface area contributed by atoms with Crippen molar-refractivity contribution < 1.29 is 4.79 Å². The molecule has 100 valence electrons. The van der Waals surface area contributed by atoms with Crippen molar-refractivity contribution in [3.63, 3.8) is 0 Å². The van der Waals surface area contributed by atoms with E-state index in [-0.39, 0.29) is 5.91 Å². The number of hydrogen-bond acceptors (Lipinski definition) is 3. The highest BCUT2D eigenvalue weighted by Crippen LogP contribution is 2.20. The summed E-state index contributed by atoms with van der Waals surface area (Å²) < 4.78 is 0. The fourth-order valence-corrected chi connectivity index (χ4v) is 2.78. The van der Waals surface area contributed by atoms with Crippen LogP contribution >= 0.6 is 0 Å². The molecule has 0 saturated carbocycles. The van der Waals surface area contributed by atoms with Gasteiger partial charge in [-0.3, -0.25) is 9.89 Å². The minimum absolute atomic E-state index is 0.111. The summed E-state index contributed by atoms with van der Waals surface area (Å²) in [5, 5.41) is 10.3. The van der Waals surface area contributed by atoms with Crippen LogP contribution < -0.4 is 5.32 Å². The van der Waals surface area contributed by atoms with E-state index in [1.807, 2.05) is 25.8 Å². The lowest BCUT2D eigenvalue weighted by molar-refractivity contribution is 0.0648. The molecule has 2 atom stereocenters. The SMILES string of the molecule is CNC1CCN(C(=O)c2c(C)n[nH]c2C)CC1C. The number of H-pyrrole nitrogens is 1. The molecule has 0 spiro atoms. The Kier molecular flexibility index (Phi) is 3.71. The standard InChI is InChI=1S/C13H22N4O/c1-8-7-17(6-5-11(8)14-4)13(18)12-9(2)15-16-10(12)3/h8,11,14H,5-7H2,1-4H3,(H,15,16). The van der Waals surface area contributed by atoms with Crippen molar-refractivity contribution in [3.05, 3.63) is 17.0 Å². The molecule has 1 amide bonds. The van der Waals surface area contributed by atoms with E-state index in [4.69, 9.17) is 0 Å². The van der Waals surface area contributed by atoms with Crippen LogP contribution in [0.25, 0.3) is 0 Å². The van der Waals surface area contributed by atoms with Crippen molar-refractivity contribution in [1.82, 2.24) is 20.4 Å². The summed E-state index contributed by atoms with van der Waals surface area (Å²) in [5.41, 5.74) is 2.40. The first-order valence-corrected chi connectivity index (χ1v) is 6.52. The second-order valence-electron chi connectivity index (χ2n) is 5.22. The number of piperidine rings is 1. The summed E-state index contributed by atoms with van der Waals surface area (Å²) >= 11 is 0. The molecule has 0 aliphatic carbocycles. The van der Waals surface area contributed by atoms with Crippen molar-refractivity contribution in [2.75, 3.05) is 20.1 Å². The Hall–Kier alpha value is -1.36. The molecule has 2 rings (SSSR count). The molecule has 0 aromatic carbocycles. The molecule has 2 N–H and O–H groups in total. The normalized spacial score (nSPS) is 24.3. The summed E-state index contributed by atoms with van der Waals surface area (Å²) in [5.74, 6) is 0.598. The van der Waals surface area contributed by atoms with Crippen molar-refractivity contribution in [1.29, 1.82) is 0 Å². The third kappa shape index (κ3) is 2.27. The zero-order chi connectivity index (χ0) is 13.3. The third-order valence-corrected chi connectivity index (χ3v) is 3.91. The first-order chi connectivity index (χ1) is 8.54. The number of carbonyl (C=O) groups is 1. The Morgan fingerprint density at radius 2 is 2.22 bits per heavy atom. The fourth-order valence-electron chi connectivity index (χ4n) is 2.78. The molecule has 0 radical (unpaired) electrons. The topological polar surface area (TPSA) is 61.0 Å². The van der Waals surface area contributed by atoms with Crippen LogP contribution in [0.2, 0.25) is 0 Å². The van der Waals surface area contributed by atoms with Gasteiger partial charge in [0.05, 0.1) is 11.3 Å². The molecule has 0 bridgehead atoms. The lowest BCUT2D eigenvalue weighted by Crippen LogP contribution is -2.49. The maximum atomic E-state index is 12.5. The second kappa shape index (κ2) is 5.10. The molecular formula is C13H22N4O. The minimum Gasteiger partial charge on any atom is -0.338 e. The highest BCUT2D eigenvalue weighted by atomic mass is 16.2. The molecule has 2 heterocycles. The number of nitrogens with zero attached hydrogens (tertiary/aromatic N) is 2. The third-order valence-electron chi connectivity index (χ3n) is 3.91. The van der Waals surface area contributed by atoms with Crippen LogP contribution in [0.5, 0.6) is 0 Å². The fraction of sp³-hybridized carbons (Fsp3) is 0.692. The summed E-state index contributed by atoms with van der Waals surface area (Å²) in [7, 11) is 1.99. The number of rotatable bonds is 2. The van der Waals surface area contributed by atoms with E-state index in [1.54, 1.807) is 0 Å². The molecule has 5 heteroatoms. The van der Waals surface area contributed by atoms with Crippen molar-refractivity contribution >= 4 is 5.91 Å². The lowest BCUT2D eigenvalue weighted by atomic mass is 9.93. The summed E-state index contributed by atoms with van der Waals surface area (Å²) in [6, 6.07) is 0.514. The number of amides is 1. The molecule has 1 fully saturated rings. The Labute approximate surface area is 108 Å². The number of aromatic amines is 1. The molecule has 1 aliphatic rings. The van der Waals surface area contributed by atoms with E-state index in [0.29, 0.717) is 12.0 Å². The number of aryl methyl sites for hydroxylation is 2. The molecule has 1 aliphatic heterocycles. The van der Waals surface area contributed by atoms with Gasteiger partial charge in [-0.15, -0.1) is 0 Å². The van der Waals surface area contributed by atoms with Crippen LogP contribution in [-0.4, -0.2) is 47.2 Å². The van der Waals surface area contributed by atoms with Crippen molar-refractivity contribution in [2.45, 2.75) is 33.2 Å². The molecule has 2 unspecified atom stereocenters. The van der Waals surface area contributed by atoms with E-state index >= 15 is 0 Å². The van der Waals surface area contributed by atoms with Crippen LogP contribution in [0.4, 0.5) is 0 Å². The van der Waals surface area contributed by atoms with Gasteiger partial charge in [0.1, 0.15) is 0 Å². The minimum atomic E-state index is 0.111. The maximum Gasteiger partial charge on any atom is 0.257 e. The maximum absolute atomic E-state index is 12.5. The highest BCUT2D eigenvalue weighted by Gasteiger charge is 2.29. The Morgan fingerprint density at radius 3 is 2.72 bits per heavy atom. The molecule has 5 nitrogen and oxygen atoms in total. The van der Waals surface area contributed by atoms with Gasteiger partial charge in [0.25, 0.3) is 5.91 Å². The van der Waals surface area contributed by atoms with Gasteiger partial charge < -0.3 is 10.2 Å². The number of carbonyl (C=O) groups excluding carboxylic acids is 1. The Bertz CT molecular complexity index is 421. The van der Waals surface area contributed by atoms with Crippen LogP contribution in [0, 0.1) is 19.8 Å².